The fraction of sp³-hybridized carbons (Fsp3) is 0.520. The summed E-state index contributed by atoms with van der Waals surface area (Å²) in [4.78, 5) is 19.5. The first-order chi connectivity index (χ1) is 14.2. The molecule has 5 nitrogen and oxygen atoms in total. The van der Waals surface area contributed by atoms with E-state index in [1.165, 1.54) is 27.2 Å². The van der Waals surface area contributed by atoms with Gasteiger partial charge in [0.2, 0.25) is 0 Å². The van der Waals surface area contributed by atoms with Crippen LogP contribution >= 0.6 is 0 Å². The van der Waals surface area contributed by atoms with Crippen LogP contribution in [0.3, 0.4) is 0 Å². The van der Waals surface area contributed by atoms with Crippen molar-refractivity contribution in [3.8, 4) is 0 Å². The van der Waals surface area contributed by atoms with E-state index in [-0.39, 0.29) is 11.3 Å². The average Bonchev–Trinajstić information content (AvgIpc) is 2.70. The summed E-state index contributed by atoms with van der Waals surface area (Å²) in [5, 5.41) is 3.14. The molecule has 1 amide bonds. The molecule has 1 aliphatic rings. The lowest BCUT2D eigenvalue weighted by Crippen LogP contribution is -3.16. The minimum absolute atomic E-state index is 0.159. The fourth-order valence-electron chi connectivity index (χ4n) is 4.26. The SMILES string of the molecule is Cc1cc(C(C)(C)C)cc(C)c1CCNC(=O)C[NH+]1CCN(c2cccc[nH+]2)CC1. The number of benzene rings is 1. The number of aromatic nitrogens is 1. The molecule has 1 aromatic carbocycles. The molecule has 1 aliphatic heterocycles. The van der Waals surface area contributed by atoms with Gasteiger partial charge in [0.15, 0.2) is 6.54 Å². The van der Waals surface area contributed by atoms with E-state index in [1.54, 1.807) is 0 Å². The number of aromatic amines is 1. The molecule has 3 N–H and O–H groups in total. The van der Waals surface area contributed by atoms with Gasteiger partial charge in [0.25, 0.3) is 11.7 Å². The second-order valence-electron chi connectivity index (χ2n) is 9.60. The Morgan fingerprint density at radius 2 is 1.80 bits per heavy atom. The minimum atomic E-state index is 0.159. The molecule has 1 aromatic heterocycles. The molecule has 0 radical (unpaired) electrons. The number of anilines is 1. The number of amides is 1. The molecule has 5 heteroatoms. The lowest BCUT2D eigenvalue weighted by atomic mass is 9.83. The van der Waals surface area contributed by atoms with Crippen molar-refractivity contribution >= 4 is 11.7 Å². The minimum Gasteiger partial charge on any atom is -0.351 e. The number of carbonyl (C=O) groups is 1. The van der Waals surface area contributed by atoms with E-state index in [2.05, 4.69) is 74.1 Å². The van der Waals surface area contributed by atoms with E-state index in [4.69, 9.17) is 0 Å². The Balaban J connectivity index is 1.44. The van der Waals surface area contributed by atoms with Crippen LogP contribution in [0, 0.1) is 13.8 Å². The summed E-state index contributed by atoms with van der Waals surface area (Å²) < 4.78 is 0. The summed E-state index contributed by atoms with van der Waals surface area (Å²) in [7, 11) is 0. The molecule has 2 heterocycles. The maximum absolute atomic E-state index is 12.5. The number of rotatable bonds is 6. The van der Waals surface area contributed by atoms with Crippen molar-refractivity contribution in [1.82, 2.24) is 5.32 Å². The van der Waals surface area contributed by atoms with Gasteiger partial charge in [-0.25, -0.2) is 4.98 Å². The molecule has 30 heavy (non-hydrogen) atoms. The zero-order chi connectivity index (χ0) is 21.7. The summed E-state index contributed by atoms with van der Waals surface area (Å²) >= 11 is 0. The maximum atomic E-state index is 12.5. The third-order valence-corrected chi connectivity index (χ3v) is 6.17. The molecule has 0 spiro atoms. The first-order valence-electron chi connectivity index (χ1n) is 11.2. The van der Waals surface area contributed by atoms with E-state index < -0.39 is 0 Å². The number of hydrogen-bond donors (Lipinski definition) is 2. The highest BCUT2D eigenvalue weighted by molar-refractivity contribution is 5.76. The highest BCUT2D eigenvalue weighted by Gasteiger charge is 2.27. The number of nitrogens with zero attached hydrogens (tertiary/aromatic N) is 1. The zero-order valence-electron chi connectivity index (χ0n) is 19.3. The van der Waals surface area contributed by atoms with Gasteiger partial charge in [0.05, 0.1) is 6.20 Å². The number of H-pyrrole nitrogens is 1. The summed E-state index contributed by atoms with van der Waals surface area (Å²) in [6, 6.07) is 10.8. The Kier molecular flexibility index (Phi) is 7.14. The first-order valence-corrected chi connectivity index (χ1v) is 11.2. The Morgan fingerprint density at radius 3 is 2.37 bits per heavy atom. The molecular weight excluding hydrogens is 372 g/mol. The van der Waals surface area contributed by atoms with E-state index in [9.17, 15) is 4.79 Å². The van der Waals surface area contributed by atoms with Crippen LogP contribution in [0.1, 0.15) is 43.0 Å². The number of quaternary nitrogens is 1. The van der Waals surface area contributed by atoms with Crippen LogP contribution in [0.4, 0.5) is 5.82 Å². The summed E-state index contributed by atoms with van der Waals surface area (Å²) in [5.41, 5.74) is 5.56. The number of hydrogen-bond acceptors (Lipinski definition) is 2. The first kappa shape index (κ1) is 22.3. The van der Waals surface area contributed by atoms with Gasteiger partial charge in [-0.1, -0.05) is 39.0 Å². The van der Waals surface area contributed by atoms with Gasteiger partial charge in [-0.3, -0.25) is 9.69 Å². The number of nitrogens with one attached hydrogen (secondary N) is 3. The van der Waals surface area contributed by atoms with Crippen LogP contribution in [-0.4, -0.2) is 45.2 Å². The number of pyridine rings is 1. The van der Waals surface area contributed by atoms with Crippen molar-refractivity contribution in [2.24, 2.45) is 0 Å². The predicted molar refractivity (Wildman–Crippen MR) is 122 cm³/mol. The highest BCUT2D eigenvalue weighted by atomic mass is 16.2. The molecule has 3 rings (SSSR count). The van der Waals surface area contributed by atoms with Crippen molar-refractivity contribution in [1.29, 1.82) is 0 Å². The molecule has 0 unspecified atom stereocenters. The van der Waals surface area contributed by atoms with Gasteiger partial charge in [0, 0.05) is 12.6 Å². The Labute approximate surface area is 181 Å². The van der Waals surface area contributed by atoms with Crippen LogP contribution in [0.15, 0.2) is 36.5 Å². The Hall–Kier alpha value is -2.40. The van der Waals surface area contributed by atoms with Crippen LogP contribution < -0.4 is 20.1 Å². The average molecular weight is 411 g/mol. The number of piperazine rings is 1. The van der Waals surface area contributed by atoms with Crippen LogP contribution in [0.2, 0.25) is 0 Å². The van der Waals surface area contributed by atoms with E-state index in [0.717, 1.165) is 38.4 Å². The molecule has 0 bridgehead atoms. The summed E-state index contributed by atoms with van der Waals surface area (Å²) in [5.74, 6) is 1.32. The van der Waals surface area contributed by atoms with Crippen molar-refractivity contribution in [3.63, 3.8) is 0 Å². The monoisotopic (exact) mass is 410 g/mol. The third kappa shape index (κ3) is 5.82. The van der Waals surface area contributed by atoms with Gasteiger partial charge in [0.1, 0.15) is 26.2 Å². The van der Waals surface area contributed by atoms with E-state index in [1.807, 2.05) is 12.3 Å². The van der Waals surface area contributed by atoms with Gasteiger partial charge in [-0.2, -0.15) is 0 Å². The number of aryl methyl sites for hydroxylation is 2. The molecule has 2 aromatic rings. The van der Waals surface area contributed by atoms with Gasteiger partial charge in [-0.15, -0.1) is 0 Å². The normalized spacial score (nSPS) is 15.3. The van der Waals surface area contributed by atoms with Crippen molar-refractivity contribution in [2.75, 3.05) is 44.2 Å². The molecule has 1 saturated heterocycles. The topological polar surface area (TPSA) is 50.9 Å². The third-order valence-electron chi connectivity index (χ3n) is 6.17. The fourth-order valence-corrected chi connectivity index (χ4v) is 4.26. The zero-order valence-corrected chi connectivity index (χ0v) is 19.3. The van der Waals surface area contributed by atoms with Gasteiger partial charge >= 0.3 is 0 Å². The lowest BCUT2D eigenvalue weighted by molar-refractivity contribution is -0.892. The standard InChI is InChI=1S/C25H36N4O/c1-19-16-21(25(3,4)5)17-20(2)22(19)9-11-27-24(30)18-28-12-14-29(15-13-28)23-8-6-7-10-26-23/h6-8,10,16-17H,9,11-15,18H2,1-5H3,(H,27,30)/p+2. The largest absolute Gasteiger partial charge is 0.351 e. The van der Waals surface area contributed by atoms with Crippen molar-refractivity contribution < 1.29 is 14.7 Å². The van der Waals surface area contributed by atoms with Crippen LogP contribution in [0.25, 0.3) is 0 Å². The van der Waals surface area contributed by atoms with Crippen LogP contribution in [0.5, 0.6) is 0 Å². The molecule has 162 valence electrons. The second-order valence-corrected chi connectivity index (χ2v) is 9.60. The summed E-state index contributed by atoms with van der Waals surface area (Å²) in [6.07, 6.45) is 2.85. The molecule has 0 aliphatic carbocycles. The lowest BCUT2D eigenvalue weighted by Gasteiger charge is -2.27. The molecular formula is C25H38N4O+2. The van der Waals surface area contributed by atoms with Crippen molar-refractivity contribution in [2.45, 2.75) is 46.5 Å². The Bertz CT molecular complexity index is 826. The maximum Gasteiger partial charge on any atom is 0.275 e. The Morgan fingerprint density at radius 1 is 1.13 bits per heavy atom. The van der Waals surface area contributed by atoms with Crippen LogP contribution in [-0.2, 0) is 16.6 Å². The molecule has 0 atom stereocenters. The quantitative estimate of drug-likeness (QED) is 0.758. The van der Waals surface area contributed by atoms with E-state index in [0.29, 0.717) is 13.1 Å². The van der Waals surface area contributed by atoms with Crippen molar-refractivity contribution in [3.05, 3.63) is 58.8 Å². The number of carbonyl (C=O) groups excluding carboxylic acids is 1. The summed E-state index contributed by atoms with van der Waals surface area (Å²) in [6.45, 7) is 16.3. The molecule has 0 saturated carbocycles. The van der Waals surface area contributed by atoms with Gasteiger partial charge < -0.3 is 10.2 Å². The van der Waals surface area contributed by atoms with E-state index >= 15 is 0 Å². The second kappa shape index (κ2) is 9.61. The molecule has 1 fully saturated rings. The predicted octanol–water partition coefficient (Wildman–Crippen LogP) is 1.48. The highest BCUT2D eigenvalue weighted by Crippen LogP contribution is 2.27. The smallest absolute Gasteiger partial charge is 0.275 e. The van der Waals surface area contributed by atoms with Gasteiger partial charge in [-0.05, 0) is 54.0 Å².